The van der Waals surface area contributed by atoms with E-state index in [1.54, 1.807) is 12.1 Å². The second kappa shape index (κ2) is 8.35. The third kappa shape index (κ3) is 5.69. The molecule has 0 spiro atoms. The number of methoxy groups -OCH3 is 1. The molecule has 0 aliphatic rings. The van der Waals surface area contributed by atoms with Crippen LogP contribution in [0, 0.1) is 12.3 Å². The lowest BCUT2D eigenvalue weighted by Gasteiger charge is -2.25. The van der Waals surface area contributed by atoms with E-state index in [0.29, 0.717) is 16.5 Å². The minimum absolute atomic E-state index is 0.132. The van der Waals surface area contributed by atoms with Crippen molar-refractivity contribution in [2.75, 3.05) is 19.0 Å². The Hall–Kier alpha value is -1.79. The Morgan fingerprint density at radius 3 is 2.50 bits per heavy atom. The Morgan fingerprint density at radius 2 is 1.96 bits per heavy atom. The van der Waals surface area contributed by atoms with Gasteiger partial charge in [0.1, 0.15) is 5.75 Å². The Bertz CT molecular complexity index is 612. The maximum absolute atomic E-state index is 12.0. The number of amides is 2. The standard InChI is InChI=1S/C17H26ClN3O3/c1-10-8-12(13(24-5)9-11(10)18)21-14(22)6-7-20-16(23)15(19)17(2,3)4/h8-9,15H,6-7,19H2,1-5H3,(H,20,23)(H,21,22)/t15-/m1/s1. The van der Waals surface area contributed by atoms with Crippen molar-refractivity contribution in [2.45, 2.75) is 40.2 Å². The first-order valence-electron chi connectivity index (χ1n) is 7.73. The van der Waals surface area contributed by atoms with E-state index in [2.05, 4.69) is 10.6 Å². The zero-order valence-electron chi connectivity index (χ0n) is 14.8. The van der Waals surface area contributed by atoms with Crippen LogP contribution >= 0.6 is 11.6 Å². The minimum Gasteiger partial charge on any atom is -0.495 e. The SMILES string of the molecule is COc1cc(Cl)c(C)cc1NC(=O)CCNC(=O)[C@@H](N)C(C)(C)C. The highest BCUT2D eigenvalue weighted by atomic mass is 35.5. The van der Waals surface area contributed by atoms with E-state index in [-0.39, 0.29) is 30.2 Å². The number of rotatable bonds is 6. The summed E-state index contributed by atoms with van der Waals surface area (Å²) in [7, 11) is 1.50. The molecule has 1 aromatic carbocycles. The first kappa shape index (κ1) is 20.3. The first-order chi connectivity index (χ1) is 11.1. The molecule has 7 heteroatoms. The monoisotopic (exact) mass is 355 g/mol. The second-order valence-corrected chi connectivity index (χ2v) is 7.14. The number of carbonyl (C=O) groups excluding carboxylic acids is 2. The molecule has 0 saturated carbocycles. The van der Waals surface area contributed by atoms with Crippen molar-refractivity contribution in [3.63, 3.8) is 0 Å². The summed E-state index contributed by atoms with van der Waals surface area (Å²) < 4.78 is 5.21. The fraction of sp³-hybridized carbons (Fsp3) is 0.529. The van der Waals surface area contributed by atoms with Gasteiger partial charge in [0.05, 0.1) is 18.8 Å². The van der Waals surface area contributed by atoms with Crippen molar-refractivity contribution in [3.8, 4) is 5.75 Å². The lowest BCUT2D eigenvalue weighted by molar-refractivity contribution is -0.124. The number of hydrogen-bond acceptors (Lipinski definition) is 4. The number of halogens is 1. The Kier molecular flexibility index (Phi) is 7.05. The Labute approximate surface area is 148 Å². The molecule has 24 heavy (non-hydrogen) atoms. The molecule has 0 bridgehead atoms. The van der Waals surface area contributed by atoms with Crippen molar-refractivity contribution < 1.29 is 14.3 Å². The molecule has 4 N–H and O–H groups in total. The smallest absolute Gasteiger partial charge is 0.237 e. The fourth-order valence-corrected chi connectivity index (χ4v) is 2.10. The number of hydrogen-bond donors (Lipinski definition) is 3. The molecule has 0 radical (unpaired) electrons. The van der Waals surface area contributed by atoms with Crippen LogP contribution in [0.3, 0.4) is 0 Å². The van der Waals surface area contributed by atoms with E-state index in [9.17, 15) is 9.59 Å². The van der Waals surface area contributed by atoms with Crippen molar-refractivity contribution in [3.05, 3.63) is 22.7 Å². The molecule has 0 unspecified atom stereocenters. The quantitative estimate of drug-likeness (QED) is 0.730. The number of aryl methyl sites for hydroxylation is 1. The second-order valence-electron chi connectivity index (χ2n) is 6.73. The highest BCUT2D eigenvalue weighted by molar-refractivity contribution is 6.31. The molecule has 0 saturated heterocycles. The van der Waals surface area contributed by atoms with Crippen LogP contribution in [0.4, 0.5) is 5.69 Å². The number of benzene rings is 1. The highest BCUT2D eigenvalue weighted by Gasteiger charge is 2.27. The van der Waals surface area contributed by atoms with Crippen molar-refractivity contribution in [1.82, 2.24) is 5.32 Å². The predicted octanol–water partition coefficient (Wildman–Crippen LogP) is 2.48. The molecule has 0 heterocycles. The number of ether oxygens (including phenoxy) is 1. The lowest BCUT2D eigenvalue weighted by Crippen LogP contribution is -2.49. The lowest BCUT2D eigenvalue weighted by atomic mass is 9.87. The fourth-order valence-electron chi connectivity index (χ4n) is 1.95. The van der Waals surface area contributed by atoms with Crippen LogP contribution in [-0.2, 0) is 9.59 Å². The van der Waals surface area contributed by atoms with Crippen molar-refractivity contribution >= 4 is 29.1 Å². The molecular formula is C17H26ClN3O3. The molecule has 0 aromatic heterocycles. The van der Waals surface area contributed by atoms with Gasteiger partial charge in [-0.3, -0.25) is 9.59 Å². The molecule has 1 rings (SSSR count). The molecule has 6 nitrogen and oxygen atoms in total. The highest BCUT2D eigenvalue weighted by Crippen LogP contribution is 2.30. The normalized spacial score (nSPS) is 12.5. The van der Waals surface area contributed by atoms with E-state index in [4.69, 9.17) is 22.1 Å². The van der Waals surface area contributed by atoms with Crippen LogP contribution in [0.25, 0.3) is 0 Å². The van der Waals surface area contributed by atoms with E-state index < -0.39 is 6.04 Å². The molecular weight excluding hydrogens is 330 g/mol. The maximum Gasteiger partial charge on any atom is 0.237 e. The summed E-state index contributed by atoms with van der Waals surface area (Å²) in [5.74, 6) is -0.0207. The molecule has 0 fully saturated rings. The van der Waals surface area contributed by atoms with E-state index in [1.807, 2.05) is 27.7 Å². The van der Waals surface area contributed by atoms with Crippen LogP contribution in [0.1, 0.15) is 32.8 Å². The third-order valence-electron chi connectivity index (χ3n) is 3.62. The molecule has 1 aromatic rings. The van der Waals surface area contributed by atoms with Gasteiger partial charge in [-0.25, -0.2) is 0 Å². The van der Waals surface area contributed by atoms with Gasteiger partial charge >= 0.3 is 0 Å². The van der Waals surface area contributed by atoms with Crippen molar-refractivity contribution in [1.29, 1.82) is 0 Å². The van der Waals surface area contributed by atoms with E-state index in [1.165, 1.54) is 7.11 Å². The molecule has 134 valence electrons. The van der Waals surface area contributed by atoms with Crippen LogP contribution in [0.2, 0.25) is 5.02 Å². The van der Waals surface area contributed by atoms with Gasteiger partial charge in [0.2, 0.25) is 11.8 Å². The van der Waals surface area contributed by atoms with Gasteiger partial charge in [-0.15, -0.1) is 0 Å². The van der Waals surface area contributed by atoms with Gasteiger partial charge in [-0.1, -0.05) is 32.4 Å². The summed E-state index contributed by atoms with van der Waals surface area (Å²) >= 11 is 6.03. The molecule has 0 aliphatic carbocycles. The molecule has 0 aliphatic heterocycles. The number of carbonyl (C=O) groups is 2. The van der Waals surface area contributed by atoms with Gasteiger partial charge in [-0.2, -0.15) is 0 Å². The summed E-state index contributed by atoms with van der Waals surface area (Å²) in [6.45, 7) is 7.71. The van der Waals surface area contributed by atoms with Gasteiger partial charge in [-0.05, 0) is 24.0 Å². The maximum atomic E-state index is 12.0. The summed E-state index contributed by atoms with van der Waals surface area (Å²) in [4.78, 5) is 24.0. The van der Waals surface area contributed by atoms with E-state index in [0.717, 1.165) is 5.56 Å². The van der Waals surface area contributed by atoms with Crippen LogP contribution in [-0.4, -0.2) is 31.5 Å². The molecule has 2 amide bonds. The summed E-state index contributed by atoms with van der Waals surface area (Å²) in [5.41, 5.74) is 6.90. The van der Waals surface area contributed by atoms with Crippen LogP contribution in [0.5, 0.6) is 5.75 Å². The number of nitrogens with one attached hydrogen (secondary N) is 2. The number of nitrogens with two attached hydrogens (primary N) is 1. The van der Waals surface area contributed by atoms with E-state index >= 15 is 0 Å². The Balaban J connectivity index is 2.56. The zero-order valence-corrected chi connectivity index (χ0v) is 15.6. The van der Waals surface area contributed by atoms with Gasteiger partial charge < -0.3 is 21.1 Å². The average Bonchev–Trinajstić information content (AvgIpc) is 2.48. The van der Waals surface area contributed by atoms with Crippen LogP contribution < -0.4 is 21.1 Å². The Morgan fingerprint density at radius 1 is 1.33 bits per heavy atom. The third-order valence-corrected chi connectivity index (χ3v) is 4.03. The largest absolute Gasteiger partial charge is 0.495 e. The van der Waals surface area contributed by atoms with Crippen molar-refractivity contribution in [2.24, 2.45) is 11.1 Å². The minimum atomic E-state index is -0.625. The number of anilines is 1. The van der Waals surface area contributed by atoms with Gasteiger partial charge in [0.15, 0.2) is 0 Å². The zero-order chi connectivity index (χ0) is 18.5. The molecule has 1 atom stereocenters. The van der Waals surface area contributed by atoms with Gasteiger partial charge in [0, 0.05) is 24.1 Å². The summed E-state index contributed by atoms with van der Waals surface area (Å²) in [6.07, 6.45) is 0.132. The summed E-state index contributed by atoms with van der Waals surface area (Å²) in [5, 5.41) is 6.00. The topological polar surface area (TPSA) is 93.5 Å². The first-order valence-corrected chi connectivity index (χ1v) is 8.11. The van der Waals surface area contributed by atoms with Gasteiger partial charge in [0.25, 0.3) is 0 Å². The van der Waals surface area contributed by atoms with Crippen LogP contribution in [0.15, 0.2) is 12.1 Å². The summed E-state index contributed by atoms with van der Waals surface area (Å²) in [6, 6.07) is 2.77. The average molecular weight is 356 g/mol. The predicted molar refractivity (Wildman–Crippen MR) is 96.4 cm³/mol.